The maximum Gasteiger partial charge on any atom is 0.318 e. The summed E-state index contributed by atoms with van der Waals surface area (Å²) < 4.78 is 16.0. The lowest BCUT2D eigenvalue weighted by molar-refractivity contribution is 0.201. The van der Waals surface area contributed by atoms with Gasteiger partial charge in [-0.1, -0.05) is 12.1 Å². The monoisotopic (exact) mass is 376 g/mol. The highest BCUT2D eigenvalue weighted by atomic mass is 32.1. The number of urea groups is 1. The lowest BCUT2D eigenvalue weighted by Gasteiger charge is -2.21. The fraction of sp³-hybridized carbons (Fsp3) is 0.316. The van der Waals surface area contributed by atoms with E-state index in [-0.39, 0.29) is 6.03 Å². The quantitative estimate of drug-likeness (QED) is 0.679. The van der Waals surface area contributed by atoms with Crippen molar-refractivity contribution in [2.24, 2.45) is 0 Å². The van der Waals surface area contributed by atoms with Gasteiger partial charge in [-0.05, 0) is 29.1 Å². The van der Waals surface area contributed by atoms with Gasteiger partial charge >= 0.3 is 6.03 Å². The molecule has 2 amide bonds. The molecule has 0 spiro atoms. The van der Waals surface area contributed by atoms with Crippen LogP contribution in [0.3, 0.4) is 0 Å². The highest BCUT2D eigenvalue weighted by molar-refractivity contribution is 7.09. The number of nitrogens with zero attached hydrogens (tertiary/aromatic N) is 1. The summed E-state index contributed by atoms with van der Waals surface area (Å²) in [6, 6.07) is 7.46. The van der Waals surface area contributed by atoms with Gasteiger partial charge in [0.05, 0.1) is 27.9 Å². The number of carbonyl (C=O) groups is 1. The summed E-state index contributed by atoms with van der Waals surface area (Å²) >= 11 is 1.62. The SMILES string of the molecule is C=CCN(Cc1cccs1)C(=O)NCc1cc(OC)c(OC)c(OC)c1. The van der Waals surface area contributed by atoms with E-state index in [0.717, 1.165) is 10.4 Å². The molecule has 2 aromatic rings. The van der Waals surface area contributed by atoms with Crippen LogP contribution < -0.4 is 19.5 Å². The van der Waals surface area contributed by atoms with Crippen molar-refractivity contribution in [3.63, 3.8) is 0 Å². The molecular weight excluding hydrogens is 352 g/mol. The summed E-state index contributed by atoms with van der Waals surface area (Å²) in [6.07, 6.45) is 1.71. The van der Waals surface area contributed by atoms with Crippen molar-refractivity contribution in [1.82, 2.24) is 10.2 Å². The van der Waals surface area contributed by atoms with Gasteiger partial charge in [-0.15, -0.1) is 17.9 Å². The molecule has 0 saturated heterocycles. The third-order valence-corrected chi connectivity index (χ3v) is 4.59. The van der Waals surface area contributed by atoms with Crippen LogP contribution in [0, 0.1) is 0 Å². The third kappa shape index (κ3) is 4.92. The summed E-state index contributed by atoms with van der Waals surface area (Å²) in [5.41, 5.74) is 0.850. The van der Waals surface area contributed by atoms with Crippen molar-refractivity contribution >= 4 is 17.4 Å². The predicted molar refractivity (Wildman–Crippen MR) is 103 cm³/mol. The van der Waals surface area contributed by atoms with Crippen LogP contribution >= 0.6 is 11.3 Å². The number of benzene rings is 1. The van der Waals surface area contributed by atoms with Crippen LogP contribution in [-0.4, -0.2) is 38.8 Å². The Hall–Kier alpha value is -2.67. The highest BCUT2D eigenvalue weighted by Gasteiger charge is 2.16. The smallest absolute Gasteiger partial charge is 0.318 e. The van der Waals surface area contributed by atoms with Crippen molar-refractivity contribution in [3.05, 3.63) is 52.7 Å². The Balaban J connectivity index is 2.08. The fourth-order valence-electron chi connectivity index (χ4n) is 2.49. The summed E-state index contributed by atoms with van der Waals surface area (Å²) in [7, 11) is 4.68. The lowest BCUT2D eigenvalue weighted by atomic mass is 10.2. The molecule has 0 saturated carbocycles. The van der Waals surface area contributed by atoms with Crippen molar-refractivity contribution in [2.45, 2.75) is 13.1 Å². The number of hydrogen-bond acceptors (Lipinski definition) is 5. The Labute approximate surface area is 158 Å². The van der Waals surface area contributed by atoms with E-state index < -0.39 is 0 Å². The van der Waals surface area contributed by atoms with Gasteiger partial charge in [-0.3, -0.25) is 0 Å². The first-order valence-corrected chi connectivity index (χ1v) is 8.95. The normalized spacial score (nSPS) is 10.1. The molecule has 0 bridgehead atoms. The minimum Gasteiger partial charge on any atom is -0.493 e. The molecule has 1 heterocycles. The molecule has 140 valence electrons. The zero-order valence-electron chi connectivity index (χ0n) is 15.3. The molecule has 26 heavy (non-hydrogen) atoms. The highest BCUT2D eigenvalue weighted by Crippen LogP contribution is 2.38. The van der Waals surface area contributed by atoms with Crippen LogP contribution in [0.25, 0.3) is 0 Å². The van der Waals surface area contributed by atoms with E-state index in [1.165, 1.54) is 0 Å². The Bertz CT molecular complexity index is 706. The molecule has 0 fully saturated rings. The first-order valence-electron chi connectivity index (χ1n) is 8.07. The molecule has 0 aliphatic rings. The van der Waals surface area contributed by atoms with Crippen molar-refractivity contribution in [2.75, 3.05) is 27.9 Å². The molecule has 7 heteroatoms. The zero-order valence-corrected chi connectivity index (χ0v) is 16.1. The molecule has 6 nitrogen and oxygen atoms in total. The topological polar surface area (TPSA) is 60.0 Å². The van der Waals surface area contributed by atoms with Gasteiger partial charge in [0, 0.05) is 18.0 Å². The number of methoxy groups -OCH3 is 3. The average Bonchev–Trinajstić information content (AvgIpc) is 3.17. The molecule has 1 aromatic heterocycles. The van der Waals surface area contributed by atoms with E-state index in [9.17, 15) is 4.79 Å². The van der Waals surface area contributed by atoms with Gasteiger partial charge in [0.25, 0.3) is 0 Å². The standard InChI is InChI=1S/C19H24N2O4S/c1-5-8-21(13-15-7-6-9-26-15)19(22)20-12-14-10-16(23-2)18(25-4)17(11-14)24-3/h5-7,9-11H,1,8,12-13H2,2-4H3,(H,20,22). The molecule has 0 aliphatic heterocycles. The second-order valence-electron chi connectivity index (χ2n) is 5.44. The van der Waals surface area contributed by atoms with E-state index >= 15 is 0 Å². The van der Waals surface area contributed by atoms with E-state index in [4.69, 9.17) is 14.2 Å². The molecule has 2 rings (SSSR count). The molecule has 1 N–H and O–H groups in total. The molecule has 0 radical (unpaired) electrons. The van der Waals surface area contributed by atoms with E-state index in [0.29, 0.717) is 36.9 Å². The number of carbonyl (C=O) groups excluding carboxylic acids is 1. The lowest BCUT2D eigenvalue weighted by Crippen LogP contribution is -2.39. The molecule has 0 unspecified atom stereocenters. The van der Waals surface area contributed by atoms with Crippen LogP contribution in [0.2, 0.25) is 0 Å². The zero-order chi connectivity index (χ0) is 18.9. The van der Waals surface area contributed by atoms with E-state index in [1.807, 2.05) is 29.6 Å². The maximum atomic E-state index is 12.5. The summed E-state index contributed by atoms with van der Waals surface area (Å²) in [5.74, 6) is 1.63. The summed E-state index contributed by atoms with van der Waals surface area (Å²) in [5, 5.41) is 4.92. The minimum atomic E-state index is -0.160. The Morgan fingerprint density at radius 2 is 1.92 bits per heavy atom. The van der Waals surface area contributed by atoms with Gasteiger partial charge in [-0.2, -0.15) is 0 Å². The van der Waals surface area contributed by atoms with Crippen LogP contribution in [0.4, 0.5) is 4.79 Å². The second-order valence-corrected chi connectivity index (χ2v) is 6.47. The van der Waals surface area contributed by atoms with Crippen molar-refractivity contribution < 1.29 is 19.0 Å². The van der Waals surface area contributed by atoms with Crippen molar-refractivity contribution in [3.8, 4) is 17.2 Å². The number of rotatable bonds is 9. The van der Waals surface area contributed by atoms with Crippen LogP contribution in [0.1, 0.15) is 10.4 Å². The largest absolute Gasteiger partial charge is 0.493 e. The first-order chi connectivity index (χ1) is 12.6. The van der Waals surface area contributed by atoms with Crippen LogP contribution in [-0.2, 0) is 13.1 Å². The van der Waals surface area contributed by atoms with E-state index in [2.05, 4.69) is 11.9 Å². The van der Waals surface area contributed by atoms with Gasteiger partial charge in [-0.25, -0.2) is 4.79 Å². The average molecular weight is 376 g/mol. The summed E-state index contributed by atoms with van der Waals surface area (Å²) in [6.45, 7) is 5.09. The van der Waals surface area contributed by atoms with Crippen molar-refractivity contribution in [1.29, 1.82) is 0 Å². The van der Waals surface area contributed by atoms with E-state index in [1.54, 1.807) is 43.6 Å². The third-order valence-electron chi connectivity index (χ3n) is 3.73. The number of thiophene rings is 1. The van der Waals surface area contributed by atoms with Crippen LogP contribution in [0.5, 0.6) is 17.2 Å². The fourth-order valence-corrected chi connectivity index (χ4v) is 3.21. The van der Waals surface area contributed by atoms with Crippen LogP contribution in [0.15, 0.2) is 42.3 Å². The molecule has 1 aromatic carbocycles. The summed E-state index contributed by atoms with van der Waals surface area (Å²) in [4.78, 5) is 15.4. The number of nitrogens with one attached hydrogen (secondary N) is 1. The van der Waals surface area contributed by atoms with Gasteiger partial charge in [0.2, 0.25) is 5.75 Å². The second kappa shape index (κ2) is 9.72. The predicted octanol–water partition coefficient (Wildman–Crippen LogP) is 3.67. The Morgan fingerprint density at radius 3 is 2.42 bits per heavy atom. The Morgan fingerprint density at radius 1 is 1.23 bits per heavy atom. The Kier molecular flexibility index (Phi) is 7.35. The maximum absolute atomic E-state index is 12.5. The minimum absolute atomic E-state index is 0.160. The molecule has 0 aliphatic carbocycles. The first kappa shape index (κ1) is 19.7. The van der Waals surface area contributed by atoms with Gasteiger partial charge in [0.1, 0.15) is 0 Å². The van der Waals surface area contributed by atoms with Gasteiger partial charge in [0.15, 0.2) is 11.5 Å². The number of amides is 2. The molecular formula is C19H24N2O4S. The molecule has 0 atom stereocenters. The number of ether oxygens (including phenoxy) is 3. The number of hydrogen-bond donors (Lipinski definition) is 1. The van der Waals surface area contributed by atoms with Gasteiger partial charge < -0.3 is 24.4 Å².